The number of hydrogen-bond donors (Lipinski definition) is 0. The number of nitrogens with zero attached hydrogens (tertiary/aromatic N) is 5. The number of allylic oxidation sites excluding steroid dienone is 16. The maximum atomic E-state index is 11.4. The van der Waals surface area contributed by atoms with Gasteiger partial charge in [0.1, 0.15) is 11.9 Å². The van der Waals surface area contributed by atoms with Crippen molar-refractivity contribution in [3.8, 4) is 5.40 Å². The lowest BCUT2D eigenvalue weighted by Gasteiger charge is -2.27. The fourth-order valence-corrected chi connectivity index (χ4v) is 17.9. The van der Waals surface area contributed by atoms with Crippen LogP contribution in [0.2, 0.25) is 0 Å². The number of unbranched alkanes of at least 4 members (excludes halogenated alkanes) is 1. The third-order valence-electron chi connectivity index (χ3n) is 21.8. The van der Waals surface area contributed by atoms with E-state index in [0.717, 1.165) is 119 Å². The molecule has 4 aliphatic heterocycles. The van der Waals surface area contributed by atoms with Crippen molar-refractivity contribution in [2.24, 2.45) is 11.3 Å². The van der Waals surface area contributed by atoms with Gasteiger partial charge in [0.25, 0.3) is 0 Å². The Hall–Kier alpha value is -7.29. The van der Waals surface area contributed by atoms with Gasteiger partial charge in [-0.05, 0) is 179 Å². The van der Waals surface area contributed by atoms with Crippen LogP contribution < -0.4 is 4.90 Å². The van der Waals surface area contributed by atoms with Crippen molar-refractivity contribution in [3.63, 3.8) is 0 Å². The predicted octanol–water partition coefficient (Wildman–Crippen LogP) is 21.3. The minimum absolute atomic E-state index is 0.0421. The van der Waals surface area contributed by atoms with Crippen molar-refractivity contribution in [2.45, 2.75) is 189 Å². The van der Waals surface area contributed by atoms with Gasteiger partial charge in [-0.3, -0.25) is 9.59 Å². The summed E-state index contributed by atoms with van der Waals surface area (Å²) in [6.07, 6.45) is 34.1. The lowest BCUT2D eigenvalue weighted by Crippen LogP contribution is -2.28. The highest BCUT2D eigenvalue weighted by Crippen LogP contribution is 2.53. The maximum Gasteiger partial charge on any atom is 0.302 e. The van der Waals surface area contributed by atoms with Crippen LogP contribution in [0, 0.1) is 22.0 Å². The van der Waals surface area contributed by atoms with Gasteiger partial charge in [0.05, 0.1) is 35.4 Å². The van der Waals surface area contributed by atoms with Gasteiger partial charge in [-0.1, -0.05) is 154 Å². The highest BCUT2D eigenvalue weighted by Gasteiger charge is 2.53. The summed E-state index contributed by atoms with van der Waals surface area (Å²) >= 11 is 15.9. The molecule has 1 fully saturated rings. The number of carbonyl (C=O) groups is 2. The molecular weight excluding hydrogens is 1270 g/mol. The van der Waals surface area contributed by atoms with Gasteiger partial charge < -0.3 is 14.4 Å². The standard InChI is InChI=1S/C46H49ClN3S.C40H53ClN2O4/c1-6-7-28-49-38-24-20-32-14-8-10-18-36(32)42(38)45(2,3)40(49)26-22-34-16-12-17-35(44(34)47)23-27-41-46(4,5)43-37-19-11-9-15-33(37)21-25-39(43)50(41)29-13-30-51-31-48;1-28(44)46-26-12-24-42-34-18-9-7-16-32(34)39(3,4)36(42)22-20-30-14-11-15-31(38(30)41)21-23-37-40(5,6)33-17-8-10-19-35(33)43(37)25-13-27-47-29(2)45/h8-11,14-15,18-27H,6-7,12-13,16-17,28-30H2,1-5H3;7,9,16,18,20-23,33H,8,10-15,17,19,24-27H2,1-6H3/q+1;+2. The molecular formula is C86H102Cl2N5O4S+3. The highest BCUT2D eigenvalue weighted by atomic mass is 35.5. The van der Waals surface area contributed by atoms with Crippen molar-refractivity contribution in [2.75, 3.05) is 50.0 Å². The quantitative estimate of drug-likeness (QED) is 0.0313. The van der Waals surface area contributed by atoms with Crippen LogP contribution in [0.1, 0.15) is 189 Å². The maximum absolute atomic E-state index is 11.4. The normalized spacial score (nSPS) is 21.5. The SMILES string of the molecule is CC(=O)OCCC[N+]1=C2CCCCC2C(C)(C)C1=CC=C1CCCC(C=CC2=[N+](CCCOC(C)=O)c3ccccc3C2(C)C)=C1Cl.CCCCN1/C(=C/C=C2CCCC(/C=C/C3=[N+](CCCSC#N)c4ccc5ccccc5c4C3(C)C)=C2Cl)C(C)(C)c2c1ccc1ccccc21. The molecule has 0 amide bonds. The Labute approximate surface area is 598 Å². The molecule has 0 bridgehead atoms. The zero-order valence-corrected chi connectivity index (χ0v) is 62.4. The van der Waals surface area contributed by atoms with E-state index in [0.29, 0.717) is 19.1 Å². The molecule has 0 aromatic heterocycles. The van der Waals surface area contributed by atoms with Gasteiger partial charge in [0.15, 0.2) is 35.9 Å². The number of halogens is 2. The Kier molecular flexibility index (Phi) is 22.8. The molecule has 9 nitrogen and oxygen atoms in total. The highest BCUT2D eigenvalue weighted by molar-refractivity contribution is 8.03. The number of carbonyl (C=O) groups excluding carboxylic acids is 2. The summed E-state index contributed by atoms with van der Waals surface area (Å²) in [7, 11) is 0. The molecule has 1 saturated carbocycles. The average Bonchev–Trinajstić information content (AvgIpc) is 1.56. The molecule has 0 N–H and O–H groups in total. The molecule has 1 unspecified atom stereocenters. The van der Waals surface area contributed by atoms with Crippen LogP contribution in [0.25, 0.3) is 21.5 Å². The van der Waals surface area contributed by atoms with Gasteiger partial charge >= 0.3 is 11.9 Å². The molecule has 12 heteroatoms. The van der Waals surface area contributed by atoms with Crippen LogP contribution in [0.15, 0.2) is 189 Å². The van der Waals surface area contributed by atoms with E-state index < -0.39 is 0 Å². The lowest BCUT2D eigenvalue weighted by atomic mass is 9.71. The summed E-state index contributed by atoms with van der Waals surface area (Å²) in [5, 5.41) is 18.4. The summed E-state index contributed by atoms with van der Waals surface area (Å²) in [6, 6.07) is 35.3. The molecule has 3 aliphatic carbocycles. The second-order valence-electron chi connectivity index (χ2n) is 29.7. The summed E-state index contributed by atoms with van der Waals surface area (Å²) in [6.45, 7) is 28.4. The fraction of sp³-hybridized carbons (Fsp3) is 0.442. The summed E-state index contributed by atoms with van der Waals surface area (Å²) in [5.41, 5.74) is 19.1. The Morgan fingerprint density at radius 1 is 0.592 bits per heavy atom. The molecule has 0 radical (unpaired) electrons. The number of benzene rings is 5. The number of nitriles is 1. The third kappa shape index (κ3) is 14.8. The first-order chi connectivity index (χ1) is 47.1. The second-order valence-corrected chi connectivity index (χ2v) is 31.4. The van der Waals surface area contributed by atoms with Crippen LogP contribution in [0.4, 0.5) is 17.1 Å². The minimum Gasteiger partial charge on any atom is -0.466 e. The van der Waals surface area contributed by atoms with Crippen LogP contribution in [-0.2, 0) is 35.3 Å². The Balaban J connectivity index is 0.000000199. The Morgan fingerprint density at radius 2 is 1.15 bits per heavy atom. The summed E-state index contributed by atoms with van der Waals surface area (Å²) < 4.78 is 17.9. The van der Waals surface area contributed by atoms with Gasteiger partial charge in [-0.25, -0.2) is 4.58 Å². The third-order valence-corrected chi connectivity index (χ3v) is 23.4. The van der Waals surface area contributed by atoms with E-state index in [9.17, 15) is 9.59 Å². The van der Waals surface area contributed by atoms with E-state index in [2.05, 4.69) is 232 Å². The van der Waals surface area contributed by atoms with Crippen LogP contribution in [0.5, 0.6) is 0 Å². The molecule has 1 atom stereocenters. The topological polar surface area (TPSA) is 88.7 Å². The molecule has 98 heavy (non-hydrogen) atoms. The first kappa shape index (κ1) is 72.0. The van der Waals surface area contributed by atoms with E-state index in [1.54, 1.807) is 5.71 Å². The number of fused-ring (bicyclic) bond motifs is 8. The number of anilines is 1. The Morgan fingerprint density at radius 3 is 1.79 bits per heavy atom. The Bertz CT molecular complexity index is 4340. The van der Waals surface area contributed by atoms with E-state index in [4.69, 9.17) is 37.9 Å². The fourth-order valence-electron chi connectivity index (χ4n) is 16.9. The molecule has 5 aromatic carbocycles. The van der Waals surface area contributed by atoms with Crippen molar-refractivity contribution in [3.05, 3.63) is 206 Å². The summed E-state index contributed by atoms with van der Waals surface area (Å²) in [4.78, 5) is 25.3. The van der Waals surface area contributed by atoms with Gasteiger partial charge in [0.2, 0.25) is 11.4 Å². The van der Waals surface area contributed by atoms with Crippen LogP contribution in [0.3, 0.4) is 0 Å². The number of esters is 2. The number of para-hydroxylation sites is 1. The molecule has 12 rings (SSSR count). The minimum atomic E-state index is -0.241. The number of thiocyanates is 1. The van der Waals surface area contributed by atoms with Crippen molar-refractivity contribution >= 4 is 103 Å². The van der Waals surface area contributed by atoms with Crippen LogP contribution in [-0.4, -0.2) is 87.9 Å². The van der Waals surface area contributed by atoms with E-state index in [1.807, 2.05) is 0 Å². The van der Waals surface area contributed by atoms with Crippen LogP contribution >= 0.6 is 35.0 Å². The zero-order valence-electron chi connectivity index (χ0n) is 60.0. The first-order valence-corrected chi connectivity index (χ1v) is 37.9. The van der Waals surface area contributed by atoms with Gasteiger partial charge in [-0.15, -0.1) is 0 Å². The van der Waals surface area contributed by atoms with Gasteiger partial charge in [0, 0.05) is 120 Å². The van der Waals surface area contributed by atoms with E-state index >= 15 is 0 Å². The number of ether oxygens (including phenoxy) is 2. The molecule has 0 spiro atoms. The van der Waals surface area contributed by atoms with Crippen molar-refractivity contribution in [1.82, 2.24) is 0 Å². The van der Waals surface area contributed by atoms with Crippen molar-refractivity contribution < 1.29 is 32.8 Å². The lowest BCUT2D eigenvalue weighted by molar-refractivity contribution is -0.481. The van der Waals surface area contributed by atoms with E-state index in [-0.39, 0.29) is 33.6 Å². The first-order valence-electron chi connectivity index (χ1n) is 36.2. The van der Waals surface area contributed by atoms with Gasteiger partial charge in [-0.2, -0.15) is 14.4 Å². The largest absolute Gasteiger partial charge is 0.466 e. The zero-order chi connectivity index (χ0) is 69.5. The molecule has 5 aromatic rings. The van der Waals surface area contributed by atoms with E-state index in [1.165, 1.54) is 145 Å². The predicted molar refractivity (Wildman–Crippen MR) is 410 cm³/mol. The number of hydrogen-bond acceptors (Lipinski definition) is 7. The molecule has 7 aliphatic rings. The second kappa shape index (κ2) is 31.1. The smallest absolute Gasteiger partial charge is 0.302 e. The number of rotatable bonds is 21. The average molecular weight is 1370 g/mol. The monoisotopic (exact) mass is 1370 g/mol. The molecule has 4 heterocycles. The van der Waals surface area contributed by atoms with Crippen molar-refractivity contribution in [1.29, 1.82) is 5.26 Å². The summed E-state index contributed by atoms with van der Waals surface area (Å²) in [5.74, 6) is 0.918. The molecule has 512 valence electrons. The number of thioether (sulfide) groups is 1. The molecule has 0 saturated heterocycles.